The third-order valence-electron chi connectivity index (χ3n) is 4.52. The molecule has 0 aliphatic carbocycles. The minimum absolute atomic E-state index is 0.0210. The summed E-state index contributed by atoms with van der Waals surface area (Å²) in [6.45, 7) is 3.86. The van der Waals surface area contributed by atoms with Crippen molar-refractivity contribution in [3.63, 3.8) is 0 Å². The van der Waals surface area contributed by atoms with Crippen molar-refractivity contribution in [1.29, 1.82) is 0 Å². The van der Waals surface area contributed by atoms with E-state index in [1.165, 1.54) is 12.1 Å². The summed E-state index contributed by atoms with van der Waals surface area (Å²) < 4.78 is 1.97. The zero-order valence-electron chi connectivity index (χ0n) is 16.2. The Kier molecular flexibility index (Phi) is 6.54. The lowest BCUT2D eigenvalue weighted by atomic mass is 10.1. The Bertz CT molecular complexity index is 1140. The van der Waals surface area contributed by atoms with Crippen molar-refractivity contribution in [3.05, 3.63) is 91.2 Å². The number of nitrogens with zero attached hydrogens (tertiary/aromatic N) is 3. The summed E-state index contributed by atoms with van der Waals surface area (Å²) in [7, 11) is 0. The number of rotatable bonds is 6. The second-order valence-electron chi connectivity index (χ2n) is 6.65. The molecule has 0 radical (unpaired) electrons. The standard InChI is InChI=1S/C21H18Cl2N4O3/c1-13-9-16(14(2)26(13)20-11-17(22)5-8-19(20)23)12-24-25-21(28)10-15-3-6-18(7-4-15)27(29)30/h3-9,11-12H,10H2,1-2H3,(H,25,28)/b24-12-. The molecule has 0 aliphatic rings. The number of nitrogens with one attached hydrogen (secondary N) is 1. The SMILES string of the molecule is Cc1cc(/C=N\NC(=O)Cc2ccc([N+](=O)[O-])cc2)c(C)n1-c1cc(Cl)ccc1Cl. The van der Waals surface area contributed by atoms with Crippen LogP contribution in [-0.4, -0.2) is 21.6 Å². The van der Waals surface area contributed by atoms with Gasteiger partial charge in [-0.25, -0.2) is 5.43 Å². The smallest absolute Gasteiger partial charge is 0.269 e. The van der Waals surface area contributed by atoms with E-state index in [1.54, 1.807) is 36.5 Å². The first-order valence-electron chi connectivity index (χ1n) is 8.96. The molecule has 154 valence electrons. The first-order valence-corrected chi connectivity index (χ1v) is 9.71. The normalized spacial score (nSPS) is 11.1. The lowest BCUT2D eigenvalue weighted by Crippen LogP contribution is -2.19. The Morgan fingerprint density at radius 3 is 2.53 bits per heavy atom. The van der Waals surface area contributed by atoms with Gasteiger partial charge in [0.05, 0.1) is 28.3 Å². The molecule has 30 heavy (non-hydrogen) atoms. The Labute approximate surface area is 183 Å². The zero-order chi connectivity index (χ0) is 21.8. The van der Waals surface area contributed by atoms with Crippen LogP contribution in [0.4, 0.5) is 5.69 Å². The van der Waals surface area contributed by atoms with Gasteiger partial charge in [-0.1, -0.05) is 35.3 Å². The molecule has 0 atom stereocenters. The molecule has 3 aromatic rings. The first kappa shape index (κ1) is 21.5. The minimum Gasteiger partial charge on any atom is -0.316 e. The summed E-state index contributed by atoms with van der Waals surface area (Å²) in [5.74, 6) is -0.327. The zero-order valence-corrected chi connectivity index (χ0v) is 17.7. The van der Waals surface area contributed by atoms with E-state index in [0.29, 0.717) is 15.6 Å². The van der Waals surface area contributed by atoms with Gasteiger partial charge < -0.3 is 4.57 Å². The molecule has 0 unspecified atom stereocenters. The summed E-state index contributed by atoms with van der Waals surface area (Å²) in [6.07, 6.45) is 1.62. The number of hydrazone groups is 1. The molecule has 0 bridgehead atoms. The van der Waals surface area contributed by atoms with Gasteiger partial charge in [0.15, 0.2) is 0 Å². The Morgan fingerprint density at radius 1 is 1.17 bits per heavy atom. The largest absolute Gasteiger partial charge is 0.316 e. The molecule has 1 heterocycles. The lowest BCUT2D eigenvalue weighted by molar-refractivity contribution is -0.384. The molecule has 1 aromatic heterocycles. The van der Waals surface area contributed by atoms with Crippen LogP contribution in [0.1, 0.15) is 22.5 Å². The van der Waals surface area contributed by atoms with Crippen LogP contribution in [-0.2, 0) is 11.2 Å². The van der Waals surface area contributed by atoms with Crippen molar-refractivity contribution in [1.82, 2.24) is 9.99 Å². The highest BCUT2D eigenvalue weighted by molar-refractivity contribution is 6.34. The molecule has 0 saturated heterocycles. The first-order chi connectivity index (χ1) is 14.3. The van der Waals surface area contributed by atoms with E-state index in [-0.39, 0.29) is 18.0 Å². The van der Waals surface area contributed by atoms with Crippen LogP contribution in [0.25, 0.3) is 5.69 Å². The molecule has 0 aliphatic heterocycles. The van der Waals surface area contributed by atoms with Crippen LogP contribution in [0.5, 0.6) is 0 Å². The van der Waals surface area contributed by atoms with E-state index < -0.39 is 4.92 Å². The maximum Gasteiger partial charge on any atom is 0.269 e. The van der Waals surface area contributed by atoms with Gasteiger partial charge in [0.25, 0.3) is 5.69 Å². The van der Waals surface area contributed by atoms with Gasteiger partial charge in [-0.15, -0.1) is 0 Å². The molecular formula is C21H18Cl2N4O3. The summed E-state index contributed by atoms with van der Waals surface area (Å²) in [4.78, 5) is 22.3. The fraction of sp³-hybridized carbons (Fsp3) is 0.143. The molecule has 1 N–H and O–H groups in total. The number of amides is 1. The fourth-order valence-electron chi connectivity index (χ4n) is 3.08. The molecule has 7 nitrogen and oxygen atoms in total. The van der Waals surface area contributed by atoms with Crippen LogP contribution in [0.3, 0.4) is 0 Å². The van der Waals surface area contributed by atoms with Crippen LogP contribution >= 0.6 is 23.2 Å². The van der Waals surface area contributed by atoms with E-state index in [4.69, 9.17) is 23.2 Å². The maximum atomic E-state index is 12.1. The van der Waals surface area contributed by atoms with Crippen molar-refractivity contribution in [3.8, 4) is 5.69 Å². The fourth-order valence-corrected chi connectivity index (χ4v) is 3.45. The Morgan fingerprint density at radius 2 is 1.87 bits per heavy atom. The third kappa shape index (κ3) is 4.87. The monoisotopic (exact) mass is 444 g/mol. The minimum atomic E-state index is -0.485. The third-order valence-corrected chi connectivity index (χ3v) is 5.08. The highest BCUT2D eigenvalue weighted by Crippen LogP contribution is 2.28. The van der Waals surface area contributed by atoms with Crippen LogP contribution in [0, 0.1) is 24.0 Å². The highest BCUT2D eigenvalue weighted by atomic mass is 35.5. The number of non-ortho nitro benzene ring substituents is 1. The predicted molar refractivity (Wildman–Crippen MR) is 118 cm³/mol. The highest BCUT2D eigenvalue weighted by Gasteiger charge is 2.13. The van der Waals surface area contributed by atoms with Crippen molar-refractivity contribution < 1.29 is 9.72 Å². The summed E-state index contributed by atoms with van der Waals surface area (Å²) in [5, 5.41) is 15.9. The summed E-state index contributed by atoms with van der Waals surface area (Å²) in [6, 6.07) is 13.0. The number of hydrogen-bond donors (Lipinski definition) is 1. The quantitative estimate of drug-likeness (QED) is 0.329. The van der Waals surface area contributed by atoms with E-state index >= 15 is 0 Å². The molecule has 9 heteroatoms. The van der Waals surface area contributed by atoms with Crippen LogP contribution in [0.2, 0.25) is 10.0 Å². The van der Waals surface area contributed by atoms with Gasteiger partial charge in [-0.05, 0) is 43.7 Å². The van der Waals surface area contributed by atoms with Gasteiger partial charge in [0, 0.05) is 34.1 Å². The van der Waals surface area contributed by atoms with E-state index in [9.17, 15) is 14.9 Å². The lowest BCUT2D eigenvalue weighted by Gasteiger charge is -2.12. The summed E-state index contributed by atoms with van der Waals surface area (Å²) in [5.41, 5.74) is 6.52. The summed E-state index contributed by atoms with van der Waals surface area (Å²) >= 11 is 12.4. The van der Waals surface area contributed by atoms with Crippen molar-refractivity contribution >= 4 is 41.0 Å². The van der Waals surface area contributed by atoms with E-state index in [1.807, 2.05) is 24.5 Å². The molecule has 0 saturated carbocycles. The number of aromatic nitrogens is 1. The van der Waals surface area contributed by atoms with Gasteiger partial charge in [-0.2, -0.15) is 5.10 Å². The van der Waals surface area contributed by atoms with Gasteiger partial charge in [0.1, 0.15) is 0 Å². The second kappa shape index (κ2) is 9.11. The molecule has 0 fully saturated rings. The molecule has 2 aromatic carbocycles. The average Bonchev–Trinajstić information content (AvgIpc) is 2.97. The maximum absolute atomic E-state index is 12.1. The Hall–Kier alpha value is -3.16. The Balaban J connectivity index is 1.70. The van der Waals surface area contributed by atoms with Crippen molar-refractivity contribution in [2.45, 2.75) is 20.3 Å². The van der Waals surface area contributed by atoms with E-state index in [0.717, 1.165) is 22.6 Å². The van der Waals surface area contributed by atoms with Crippen LogP contribution in [0.15, 0.2) is 53.6 Å². The number of hydrogen-bond acceptors (Lipinski definition) is 4. The number of nitro groups is 1. The van der Waals surface area contributed by atoms with Gasteiger partial charge in [0.2, 0.25) is 5.91 Å². The topological polar surface area (TPSA) is 89.5 Å². The number of aryl methyl sites for hydroxylation is 1. The molecule has 1 amide bonds. The number of carbonyl (C=O) groups is 1. The predicted octanol–water partition coefficient (Wildman–Crippen LogP) is 5.00. The van der Waals surface area contributed by atoms with E-state index in [2.05, 4.69) is 10.5 Å². The van der Waals surface area contributed by atoms with Crippen molar-refractivity contribution in [2.24, 2.45) is 5.10 Å². The van der Waals surface area contributed by atoms with Gasteiger partial charge >= 0.3 is 0 Å². The van der Waals surface area contributed by atoms with Gasteiger partial charge in [-0.3, -0.25) is 14.9 Å². The molecule has 0 spiro atoms. The second-order valence-corrected chi connectivity index (χ2v) is 7.49. The van der Waals surface area contributed by atoms with Crippen LogP contribution < -0.4 is 5.43 Å². The van der Waals surface area contributed by atoms with Crippen molar-refractivity contribution in [2.75, 3.05) is 0 Å². The number of benzene rings is 2. The molecular weight excluding hydrogens is 427 g/mol. The molecule has 3 rings (SSSR count). The number of halogens is 2. The number of carbonyl (C=O) groups excluding carboxylic acids is 1. The number of nitro benzene ring substituents is 1. The average molecular weight is 445 g/mol.